The van der Waals surface area contributed by atoms with Gasteiger partial charge in [0.2, 0.25) is 10.0 Å². The van der Waals surface area contributed by atoms with Crippen LogP contribution < -0.4 is 20.7 Å². The van der Waals surface area contributed by atoms with E-state index < -0.39 is 34.0 Å². The zero-order valence-corrected chi connectivity index (χ0v) is 24.8. The number of hydrogen-bond donors (Lipinski definition) is 5. The van der Waals surface area contributed by atoms with Crippen LogP contribution in [-0.2, 0) is 27.8 Å². The van der Waals surface area contributed by atoms with Crippen molar-refractivity contribution in [2.75, 3.05) is 10.6 Å². The van der Waals surface area contributed by atoms with Gasteiger partial charge in [-0.2, -0.15) is 0 Å². The maximum atomic E-state index is 12.9. The molecule has 4 rings (SSSR count). The highest BCUT2D eigenvalue weighted by atomic mass is 35.5. The molecular weight excluding hydrogens is 623 g/mol. The fourth-order valence-corrected chi connectivity index (χ4v) is 6.32. The third-order valence-electron chi connectivity index (χ3n) is 5.89. The second kappa shape index (κ2) is 13.8. The molecule has 4 aromatic rings. The fourth-order valence-electron chi connectivity index (χ4n) is 3.85. The van der Waals surface area contributed by atoms with Crippen molar-refractivity contribution in [2.45, 2.75) is 23.9 Å². The van der Waals surface area contributed by atoms with Crippen LogP contribution in [0.3, 0.4) is 0 Å². The number of hydrogen-bond acceptors (Lipinski definition) is 6. The number of amides is 3. The SMILES string of the molecule is O=C(Nc1ccccc1S(=O)(=O)NCc1cccs1)N[C@@H](Cc1ccc(NC(=O)c2c(Cl)cccc2Cl)cc1)C(=O)O. The van der Waals surface area contributed by atoms with Gasteiger partial charge in [0.15, 0.2) is 0 Å². The van der Waals surface area contributed by atoms with Gasteiger partial charge in [0.25, 0.3) is 5.91 Å². The summed E-state index contributed by atoms with van der Waals surface area (Å²) in [6.07, 6.45) is -0.0877. The molecule has 0 saturated heterocycles. The standard InChI is InChI=1S/C28H24Cl2N4O6S2/c29-20-6-3-7-21(30)25(20)26(35)32-18-12-10-17(11-13-18)15-23(27(36)37)34-28(38)33-22-8-1-2-9-24(22)42(39,40)31-16-19-5-4-14-41-19/h1-14,23,31H,15-16H2,(H,32,35)(H,36,37)(H2,33,34,38)/t23-/m0/s1. The third-order valence-corrected chi connectivity index (χ3v) is 8.85. The van der Waals surface area contributed by atoms with Gasteiger partial charge in [0.05, 0.1) is 21.3 Å². The summed E-state index contributed by atoms with van der Waals surface area (Å²) in [6.45, 7) is 0.0812. The van der Waals surface area contributed by atoms with E-state index in [1.165, 1.54) is 29.5 Å². The number of para-hydroxylation sites is 1. The molecule has 0 aliphatic rings. The number of urea groups is 1. The van der Waals surface area contributed by atoms with Crippen molar-refractivity contribution in [3.63, 3.8) is 0 Å². The van der Waals surface area contributed by atoms with Crippen molar-refractivity contribution < 1.29 is 27.9 Å². The summed E-state index contributed by atoms with van der Waals surface area (Å²) in [5.74, 6) is -1.81. The van der Waals surface area contributed by atoms with Gasteiger partial charge in [0.1, 0.15) is 10.9 Å². The van der Waals surface area contributed by atoms with Crippen molar-refractivity contribution in [2.24, 2.45) is 0 Å². The molecule has 14 heteroatoms. The predicted molar refractivity (Wildman–Crippen MR) is 163 cm³/mol. The second-order valence-corrected chi connectivity index (χ2v) is 12.4. The number of carbonyl (C=O) groups excluding carboxylic acids is 2. The first-order chi connectivity index (χ1) is 20.0. The molecule has 0 bridgehead atoms. The largest absolute Gasteiger partial charge is 0.480 e. The van der Waals surface area contributed by atoms with Gasteiger partial charge in [0, 0.05) is 23.5 Å². The minimum absolute atomic E-state index is 0.0171. The number of anilines is 2. The van der Waals surface area contributed by atoms with Crippen molar-refractivity contribution >= 4 is 73.8 Å². The van der Waals surface area contributed by atoms with Gasteiger partial charge in [-0.15, -0.1) is 11.3 Å². The Kier molecular flexibility index (Phi) is 10.2. The smallest absolute Gasteiger partial charge is 0.326 e. The first-order valence-corrected chi connectivity index (χ1v) is 15.4. The molecule has 5 N–H and O–H groups in total. The summed E-state index contributed by atoms with van der Waals surface area (Å²) >= 11 is 13.6. The molecule has 1 heterocycles. The van der Waals surface area contributed by atoms with E-state index >= 15 is 0 Å². The van der Waals surface area contributed by atoms with Crippen molar-refractivity contribution in [1.29, 1.82) is 0 Å². The highest BCUT2D eigenvalue weighted by molar-refractivity contribution is 7.89. The minimum Gasteiger partial charge on any atom is -0.480 e. The maximum Gasteiger partial charge on any atom is 0.326 e. The zero-order chi connectivity index (χ0) is 30.3. The molecule has 0 fully saturated rings. The molecular formula is C28H24Cl2N4O6S2. The average Bonchev–Trinajstić information content (AvgIpc) is 3.47. The number of carboxylic acid groups (broad SMARTS) is 1. The van der Waals surface area contributed by atoms with E-state index in [2.05, 4.69) is 20.7 Å². The number of carbonyl (C=O) groups is 3. The maximum absolute atomic E-state index is 12.9. The zero-order valence-electron chi connectivity index (χ0n) is 21.6. The van der Waals surface area contributed by atoms with Crippen LogP contribution in [0.15, 0.2) is 89.1 Å². The molecule has 0 radical (unpaired) electrons. The Labute approximate surface area is 255 Å². The van der Waals surface area contributed by atoms with Gasteiger partial charge < -0.3 is 21.1 Å². The number of thiophene rings is 1. The van der Waals surface area contributed by atoms with Crippen LogP contribution in [0, 0.1) is 0 Å². The van der Waals surface area contributed by atoms with E-state index in [1.54, 1.807) is 60.7 Å². The Bertz CT molecular complexity index is 1680. The Morgan fingerprint density at radius 2 is 1.55 bits per heavy atom. The van der Waals surface area contributed by atoms with Crippen LogP contribution in [0.2, 0.25) is 10.0 Å². The van der Waals surface area contributed by atoms with Crippen molar-refractivity contribution in [3.05, 3.63) is 110 Å². The second-order valence-electron chi connectivity index (χ2n) is 8.84. The summed E-state index contributed by atoms with van der Waals surface area (Å²) < 4.78 is 28.3. The van der Waals surface area contributed by atoms with Crippen molar-refractivity contribution in [1.82, 2.24) is 10.0 Å². The molecule has 0 aliphatic heterocycles. The summed E-state index contributed by atoms with van der Waals surface area (Å²) in [5, 5.41) is 19.4. The van der Waals surface area contributed by atoms with Crippen LogP contribution in [0.25, 0.3) is 0 Å². The molecule has 0 unspecified atom stereocenters. The molecule has 0 spiro atoms. The molecule has 0 saturated carbocycles. The number of benzene rings is 3. The summed E-state index contributed by atoms with van der Waals surface area (Å²) in [6, 6.07) is 18.2. The molecule has 1 aromatic heterocycles. The van der Waals surface area contributed by atoms with E-state index in [0.29, 0.717) is 11.3 Å². The quantitative estimate of drug-likeness (QED) is 0.143. The first-order valence-electron chi connectivity index (χ1n) is 12.3. The number of rotatable bonds is 11. The number of sulfonamides is 1. The van der Waals surface area contributed by atoms with Crippen LogP contribution in [0.5, 0.6) is 0 Å². The van der Waals surface area contributed by atoms with Gasteiger partial charge >= 0.3 is 12.0 Å². The van der Waals surface area contributed by atoms with Crippen LogP contribution in [0.1, 0.15) is 20.8 Å². The Balaban J connectivity index is 1.39. The summed E-state index contributed by atoms with van der Waals surface area (Å²) in [4.78, 5) is 37.9. The molecule has 1 atom stereocenters. The summed E-state index contributed by atoms with van der Waals surface area (Å²) in [7, 11) is -3.99. The van der Waals surface area contributed by atoms with E-state index in [4.69, 9.17) is 23.2 Å². The lowest BCUT2D eigenvalue weighted by Gasteiger charge is -2.17. The molecule has 3 aromatic carbocycles. The molecule has 42 heavy (non-hydrogen) atoms. The lowest BCUT2D eigenvalue weighted by atomic mass is 10.1. The van der Waals surface area contributed by atoms with E-state index in [-0.39, 0.29) is 39.2 Å². The van der Waals surface area contributed by atoms with Gasteiger partial charge in [-0.25, -0.2) is 22.7 Å². The van der Waals surface area contributed by atoms with Crippen LogP contribution in [0.4, 0.5) is 16.2 Å². The van der Waals surface area contributed by atoms with Gasteiger partial charge in [-0.05, 0) is 53.4 Å². The summed E-state index contributed by atoms with van der Waals surface area (Å²) in [5.41, 5.74) is 1.08. The molecule has 10 nitrogen and oxygen atoms in total. The molecule has 0 aliphatic carbocycles. The number of nitrogens with one attached hydrogen (secondary N) is 4. The van der Waals surface area contributed by atoms with E-state index in [0.717, 1.165) is 4.88 Å². The van der Waals surface area contributed by atoms with Crippen LogP contribution >= 0.6 is 34.5 Å². The third kappa shape index (κ3) is 8.08. The highest BCUT2D eigenvalue weighted by Gasteiger charge is 2.23. The minimum atomic E-state index is -3.99. The first kappa shape index (κ1) is 31.0. The molecule has 218 valence electrons. The monoisotopic (exact) mass is 646 g/mol. The van der Waals surface area contributed by atoms with Crippen LogP contribution in [-0.4, -0.2) is 37.5 Å². The van der Waals surface area contributed by atoms with E-state index in [1.807, 2.05) is 5.38 Å². The molecule has 3 amide bonds. The van der Waals surface area contributed by atoms with Crippen molar-refractivity contribution in [3.8, 4) is 0 Å². The number of carboxylic acids is 1. The Morgan fingerprint density at radius 3 is 2.19 bits per heavy atom. The van der Waals surface area contributed by atoms with Gasteiger partial charge in [-0.3, -0.25) is 4.79 Å². The Morgan fingerprint density at radius 1 is 0.857 bits per heavy atom. The normalized spacial score (nSPS) is 11.9. The van der Waals surface area contributed by atoms with Gasteiger partial charge in [-0.1, -0.05) is 59.6 Å². The topological polar surface area (TPSA) is 154 Å². The Hall–Kier alpha value is -3.94. The average molecular weight is 648 g/mol. The fraction of sp³-hybridized carbons (Fsp3) is 0.107. The van der Waals surface area contributed by atoms with E-state index in [9.17, 15) is 27.9 Å². The predicted octanol–water partition coefficient (Wildman–Crippen LogP) is 5.60. The number of aliphatic carboxylic acids is 1. The number of halogens is 2. The highest BCUT2D eigenvalue weighted by Crippen LogP contribution is 2.26. The lowest BCUT2D eigenvalue weighted by Crippen LogP contribution is -2.44. The lowest BCUT2D eigenvalue weighted by molar-refractivity contribution is -0.139.